The van der Waals surface area contributed by atoms with Crippen molar-refractivity contribution in [2.45, 2.75) is 47.3 Å². The summed E-state index contributed by atoms with van der Waals surface area (Å²) < 4.78 is 5.40. The summed E-state index contributed by atoms with van der Waals surface area (Å²) in [5, 5.41) is 7.91. The van der Waals surface area contributed by atoms with Gasteiger partial charge < -0.3 is 9.88 Å². The minimum atomic E-state index is 0.793. The second-order valence-electron chi connectivity index (χ2n) is 4.83. The molecule has 0 aliphatic rings. The minimum Gasteiger partial charge on any atom is -0.325 e. The maximum Gasteiger partial charge on any atom is 0.106 e. The molecule has 5 nitrogen and oxygen atoms in total. The molecule has 0 aliphatic carbocycles. The first-order valence-corrected chi connectivity index (χ1v) is 7.81. The van der Waals surface area contributed by atoms with Gasteiger partial charge in [-0.2, -0.15) is 5.10 Å². The number of nitrogens with zero attached hydrogens (tertiary/aromatic N) is 4. The molecule has 0 radical (unpaired) electrons. The van der Waals surface area contributed by atoms with E-state index in [9.17, 15) is 0 Å². The third-order valence-corrected chi connectivity index (χ3v) is 4.49. The standard InChI is InChI=1S/C14H22BrN5/c1-5-16-7-12-8-17-11(4)19(12)9-13-14(15)10(3)18-20(13)6-2/h8,16H,5-7,9H2,1-4H3. The van der Waals surface area contributed by atoms with Gasteiger partial charge in [0.2, 0.25) is 0 Å². The van der Waals surface area contributed by atoms with Crippen LogP contribution in [-0.4, -0.2) is 25.9 Å². The number of aromatic nitrogens is 4. The van der Waals surface area contributed by atoms with Crippen molar-refractivity contribution in [3.05, 3.63) is 33.6 Å². The SMILES string of the molecule is CCNCc1cnc(C)n1Cc1c(Br)c(C)nn1CC. The quantitative estimate of drug-likeness (QED) is 0.879. The molecule has 20 heavy (non-hydrogen) atoms. The minimum absolute atomic E-state index is 0.793. The molecular weight excluding hydrogens is 318 g/mol. The van der Waals surface area contributed by atoms with Crippen LogP contribution >= 0.6 is 15.9 Å². The Morgan fingerprint density at radius 2 is 2.05 bits per heavy atom. The molecule has 2 aromatic rings. The van der Waals surface area contributed by atoms with Crippen LogP contribution < -0.4 is 5.32 Å². The van der Waals surface area contributed by atoms with Gasteiger partial charge in [0.05, 0.1) is 28.1 Å². The lowest BCUT2D eigenvalue weighted by Crippen LogP contribution is -2.17. The van der Waals surface area contributed by atoms with Crippen molar-refractivity contribution in [2.24, 2.45) is 0 Å². The molecule has 0 unspecified atom stereocenters. The lowest BCUT2D eigenvalue weighted by molar-refractivity contribution is 0.575. The average molecular weight is 340 g/mol. The molecule has 0 saturated carbocycles. The molecule has 0 spiro atoms. The van der Waals surface area contributed by atoms with E-state index in [1.54, 1.807) is 0 Å². The van der Waals surface area contributed by atoms with Crippen LogP contribution in [0.1, 0.15) is 36.8 Å². The van der Waals surface area contributed by atoms with Gasteiger partial charge in [0.25, 0.3) is 0 Å². The molecule has 2 aromatic heterocycles. The Bertz CT molecular complexity index is 585. The first-order chi connectivity index (χ1) is 9.58. The second kappa shape index (κ2) is 6.54. The van der Waals surface area contributed by atoms with E-state index < -0.39 is 0 Å². The van der Waals surface area contributed by atoms with Crippen molar-refractivity contribution in [1.82, 2.24) is 24.6 Å². The summed E-state index contributed by atoms with van der Waals surface area (Å²) >= 11 is 3.66. The van der Waals surface area contributed by atoms with E-state index in [1.807, 2.05) is 20.0 Å². The van der Waals surface area contributed by atoms with Crippen LogP contribution in [0.2, 0.25) is 0 Å². The van der Waals surface area contributed by atoms with Gasteiger partial charge in [-0.25, -0.2) is 4.98 Å². The van der Waals surface area contributed by atoms with Crippen molar-refractivity contribution in [3.8, 4) is 0 Å². The highest BCUT2D eigenvalue weighted by molar-refractivity contribution is 9.10. The molecule has 110 valence electrons. The zero-order chi connectivity index (χ0) is 14.7. The van der Waals surface area contributed by atoms with Crippen LogP contribution in [0, 0.1) is 13.8 Å². The van der Waals surface area contributed by atoms with Gasteiger partial charge in [0, 0.05) is 19.3 Å². The van der Waals surface area contributed by atoms with Gasteiger partial charge in [0.1, 0.15) is 5.82 Å². The highest BCUT2D eigenvalue weighted by atomic mass is 79.9. The van der Waals surface area contributed by atoms with E-state index in [0.29, 0.717) is 0 Å². The van der Waals surface area contributed by atoms with Crippen molar-refractivity contribution in [1.29, 1.82) is 0 Å². The van der Waals surface area contributed by atoms with E-state index >= 15 is 0 Å². The summed E-state index contributed by atoms with van der Waals surface area (Å²) in [6.45, 7) is 11.8. The van der Waals surface area contributed by atoms with Crippen LogP contribution in [-0.2, 0) is 19.6 Å². The fraction of sp³-hybridized carbons (Fsp3) is 0.571. The molecular formula is C14H22BrN5. The Hall–Kier alpha value is -1.14. The summed E-state index contributed by atoms with van der Waals surface area (Å²) in [5.74, 6) is 1.03. The van der Waals surface area contributed by atoms with E-state index in [1.165, 1.54) is 11.4 Å². The number of imidazole rings is 1. The Morgan fingerprint density at radius 3 is 2.70 bits per heavy atom. The Balaban J connectivity index is 2.32. The van der Waals surface area contributed by atoms with Crippen LogP contribution in [0.4, 0.5) is 0 Å². The Morgan fingerprint density at radius 1 is 1.30 bits per heavy atom. The highest BCUT2D eigenvalue weighted by Gasteiger charge is 2.15. The zero-order valence-corrected chi connectivity index (χ0v) is 14.2. The van der Waals surface area contributed by atoms with Crippen LogP contribution in [0.25, 0.3) is 0 Å². The third-order valence-electron chi connectivity index (χ3n) is 3.45. The van der Waals surface area contributed by atoms with E-state index in [4.69, 9.17) is 0 Å². The normalized spacial score (nSPS) is 11.2. The fourth-order valence-electron chi connectivity index (χ4n) is 2.30. The van der Waals surface area contributed by atoms with Gasteiger partial charge in [-0.05, 0) is 43.2 Å². The summed E-state index contributed by atoms with van der Waals surface area (Å²) in [4.78, 5) is 4.44. The number of aryl methyl sites for hydroxylation is 3. The summed E-state index contributed by atoms with van der Waals surface area (Å²) in [5.41, 5.74) is 3.44. The lowest BCUT2D eigenvalue weighted by Gasteiger charge is -2.12. The molecule has 0 aliphatic heterocycles. The molecule has 2 rings (SSSR count). The fourth-order valence-corrected chi connectivity index (χ4v) is 2.70. The first-order valence-electron chi connectivity index (χ1n) is 7.01. The molecule has 0 bridgehead atoms. The average Bonchev–Trinajstić information content (AvgIpc) is 2.92. The molecule has 0 atom stereocenters. The number of halogens is 1. The Kier molecular flexibility index (Phi) is 4.99. The Labute approximate surface area is 128 Å². The van der Waals surface area contributed by atoms with Crippen molar-refractivity contribution >= 4 is 15.9 Å². The smallest absolute Gasteiger partial charge is 0.106 e. The van der Waals surface area contributed by atoms with Crippen LogP contribution in [0.5, 0.6) is 0 Å². The molecule has 2 heterocycles. The second-order valence-corrected chi connectivity index (χ2v) is 5.62. The molecule has 0 fully saturated rings. The molecule has 0 aromatic carbocycles. The molecule has 6 heteroatoms. The van der Waals surface area contributed by atoms with Crippen molar-refractivity contribution in [3.63, 3.8) is 0 Å². The van der Waals surface area contributed by atoms with Crippen molar-refractivity contribution in [2.75, 3.05) is 6.54 Å². The highest BCUT2D eigenvalue weighted by Crippen LogP contribution is 2.23. The van der Waals surface area contributed by atoms with Gasteiger partial charge in [-0.1, -0.05) is 6.92 Å². The monoisotopic (exact) mass is 339 g/mol. The van der Waals surface area contributed by atoms with E-state index in [2.05, 4.69) is 54.4 Å². The topological polar surface area (TPSA) is 47.7 Å². The van der Waals surface area contributed by atoms with E-state index in [-0.39, 0.29) is 0 Å². The lowest BCUT2D eigenvalue weighted by atomic mass is 10.3. The maximum atomic E-state index is 4.55. The van der Waals surface area contributed by atoms with Crippen LogP contribution in [0.15, 0.2) is 10.7 Å². The number of hydrogen-bond acceptors (Lipinski definition) is 3. The summed E-state index contributed by atoms with van der Waals surface area (Å²) in [6, 6.07) is 0. The molecule has 0 saturated heterocycles. The van der Waals surface area contributed by atoms with Gasteiger partial charge in [-0.15, -0.1) is 0 Å². The number of rotatable bonds is 6. The first kappa shape index (κ1) is 15.3. The van der Waals surface area contributed by atoms with Crippen LogP contribution in [0.3, 0.4) is 0 Å². The summed E-state index contributed by atoms with van der Waals surface area (Å²) in [6.07, 6.45) is 1.95. The predicted octanol–water partition coefficient (Wildman–Crippen LogP) is 2.64. The summed E-state index contributed by atoms with van der Waals surface area (Å²) in [7, 11) is 0. The molecule has 0 amide bonds. The third kappa shape index (κ3) is 2.96. The van der Waals surface area contributed by atoms with Gasteiger partial charge in [0.15, 0.2) is 0 Å². The van der Waals surface area contributed by atoms with E-state index in [0.717, 1.165) is 42.2 Å². The van der Waals surface area contributed by atoms with Crippen molar-refractivity contribution < 1.29 is 0 Å². The largest absolute Gasteiger partial charge is 0.325 e. The van der Waals surface area contributed by atoms with Gasteiger partial charge >= 0.3 is 0 Å². The molecule has 1 N–H and O–H groups in total. The number of nitrogens with one attached hydrogen (secondary N) is 1. The predicted molar refractivity (Wildman–Crippen MR) is 83.8 cm³/mol. The maximum absolute atomic E-state index is 4.55. The number of hydrogen-bond donors (Lipinski definition) is 1. The zero-order valence-electron chi connectivity index (χ0n) is 12.6. The van der Waals surface area contributed by atoms with Gasteiger partial charge in [-0.3, -0.25) is 4.68 Å².